The summed E-state index contributed by atoms with van der Waals surface area (Å²) in [5.41, 5.74) is 8.60. The van der Waals surface area contributed by atoms with Crippen LogP contribution in [0.3, 0.4) is 0 Å². The van der Waals surface area contributed by atoms with Crippen LogP contribution >= 0.6 is 0 Å². The zero-order valence-electron chi connectivity index (χ0n) is 16.0. The van der Waals surface area contributed by atoms with Crippen molar-refractivity contribution in [3.63, 3.8) is 0 Å². The van der Waals surface area contributed by atoms with Gasteiger partial charge in [-0.1, -0.05) is 83.7 Å². The van der Waals surface area contributed by atoms with Crippen molar-refractivity contribution in [3.05, 3.63) is 58.7 Å². The molecule has 129 valence electrons. The van der Waals surface area contributed by atoms with Gasteiger partial charge in [0.25, 0.3) is 0 Å². The van der Waals surface area contributed by atoms with Crippen molar-refractivity contribution in [3.8, 4) is 11.1 Å². The van der Waals surface area contributed by atoms with E-state index in [1.165, 1.54) is 65.5 Å². The van der Waals surface area contributed by atoms with E-state index in [2.05, 4.69) is 64.1 Å². The molecule has 0 bridgehead atoms. The van der Waals surface area contributed by atoms with E-state index < -0.39 is 0 Å². The zero-order chi connectivity index (χ0) is 17.4. The van der Waals surface area contributed by atoms with Gasteiger partial charge in [-0.15, -0.1) is 0 Å². The van der Waals surface area contributed by atoms with Gasteiger partial charge in [-0.2, -0.15) is 0 Å². The normalized spacial score (nSPS) is 11.0. The first-order valence-corrected chi connectivity index (χ1v) is 9.89. The zero-order valence-corrected chi connectivity index (χ0v) is 16.0. The minimum atomic E-state index is 1.12. The topological polar surface area (TPSA) is 0 Å². The lowest BCUT2D eigenvalue weighted by Crippen LogP contribution is -1.98. The summed E-state index contributed by atoms with van der Waals surface area (Å²) in [6.07, 6.45) is 9.37. The predicted octanol–water partition coefficient (Wildman–Crippen LogP) is 6.96. The van der Waals surface area contributed by atoms with Crippen LogP contribution in [0.25, 0.3) is 11.1 Å². The quantitative estimate of drug-likeness (QED) is 0.468. The van der Waals surface area contributed by atoms with Gasteiger partial charge in [0.1, 0.15) is 0 Å². The molecule has 24 heavy (non-hydrogen) atoms. The molecule has 0 heteroatoms. The van der Waals surface area contributed by atoms with E-state index in [1.807, 2.05) is 0 Å². The van der Waals surface area contributed by atoms with Gasteiger partial charge in [-0.25, -0.2) is 0 Å². The molecule has 2 rings (SSSR count). The van der Waals surface area contributed by atoms with Crippen LogP contribution in [0.5, 0.6) is 0 Å². The van der Waals surface area contributed by atoms with Crippen LogP contribution in [-0.2, 0) is 25.7 Å². The molecular formula is C24H33. The van der Waals surface area contributed by atoms with E-state index in [0.29, 0.717) is 0 Å². The van der Waals surface area contributed by atoms with Crippen LogP contribution < -0.4 is 0 Å². The molecular weight excluding hydrogens is 288 g/mol. The van der Waals surface area contributed by atoms with Gasteiger partial charge in [0.15, 0.2) is 0 Å². The van der Waals surface area contributed by atoms with Gasteiger partial charge in [0.2, 0.25) is 0 Å². The molecule has 0 aliphatic heterocycles. The summed E-state index contributed by atoms with van der Waals surface area (Å²) in [4.78, 5) is 0. The number of hydrogen-bond acceptors (Lipinski definition) is 0. The molecule has 0 saturated carbocycles. The standard InChI is InChI=1S/C24H33/c1-5-9-19-13-15-23(21(17-19)11-7-3)24-16-14-20(10-6-2)18-22(24)12-8-4/h13-17H,5-12H2,1-4H3. The summed E-state index contributed by atoms with van der Waals surface area (Å²) in [6, 6.07) is 15.5. The van der Waals surface area contributed by atoms with Crippen molar-refractivity contribution in [2.24, 2.45) is 0 Å². The van der Waals surface area contributed by atoms with Crippen molar-refractivity contribution in [1.29, 1.82) is 0 Å². The van der Waals surface area contributed by atoms with Crippen LogP contribution in [0.4, 0.5) is 0 Å². The lowest BCUT2D eigenvalue weighted by atomic mass is 9.88. The molecule has 2 aromatic carbocycles. The van der Waals surface area contributed by atoms with Crippen LogP contribution in [0.15, 0.2) is 30.3 Å². The minimum absolute atomic E-state index is 1.12. The van der Waals surface area contributed by atoms with Crippen molar-refractivity contribution >= 4 is 0 Å². The maximum absolute atomic E-state index is 3.72. The van der Waals surface area contributed by atoms with Crippen molar-refractivity contribution in [2.45, 2.75) is 79.1 Å². The Morgan fingerprint density at radius 1 is 0.667 bits per heavy atom. The molecule has 0 aliphatic carbocycles. The summed E-state index contributed by atoms with van der Waals surface area (Å²) < 4.78 is 0. The van der Waals surface area contributed by atoms with Crippen LogP contribution in [0.2, 0.25) is 0 Å². The summed E-state index contributed by atoms with van der Waals surface area (Å²) in [6.45, 7) is 9.04. The van der Waals surface area contributed by atoms with E-state index in [9.17, 15) is 0 Å². The first-order valence-electron chi connectivity index (χ1n) is 9.89. The molecule has 2 aromatic rings. The summed E-state index contributed by atoms with van der Waals surface area (Å²) in [7, 11) is 0. The molecule has 0 fully saturated rings. The molecule has 0 amide bonds. The number of hydrogen-bond donors (Lipinski definition) is 0. The third-order valence-corrected chi connectivity index (χ3v) is 4.62. The molecule has 0 unspecified atom stereocenters. The number of benzene rings is 2. The van der Waals surface area contributed by atoms with E-state index >= 15 is 0 Å². The highest BCUT2D eigenvalue weighted by molar-refractivity contribution is 5.71. The second-order valence-electron chi connectivity index (χ2n) is 6.87. The maximum atomic E-state index is 3.72. The molecule has 0 N–H and O–H groups in total. The Morgan fingerprint density at radius 3 is 2.00 bits per heavy atom. The van der Waals surface area contributed by atoms with Crippen molar-refractivity contribution in [1.82, 2.24) is 0 Å². The number of rotatable bonds is 9. The van der Waals surface area contributed by atoms with Crippen LogP contribution in [0, 0.1) is 6.07 Å². The fraction of sp³-hybridized carbons (Fsp3) is 0.500. The van der Waals surface area contributed by atoms with E-state index in [1.54, 1.807) is 0 Å². The van der Waals surface area contributed by atoms with Gasteiger partial charge in [-0.3, -0.25) is 0 Å². The number of aryl methyl sites for hydroxylation is 4. The third-order valence-electron chi connectivity index (χ3n) is 4.62. The van der Waals surface area contributed by atoms with Gasteiger partial charge in [-0.05, 0) is 65.1 Å². The Hall–Kier alpha value is -1.56. The Morgan fingerprint density at radius 2 is 1.33 bits per heavy atom. The second-order valence-corrected chi connectivity index (χ2v) is 6.87. The third kappa shape index (κ3) is 4.72. The SMILES string of the molecule is CCCc1[c]c(CCC)c(-c2ccc(CCC)cc2CCC)cc1. The lowest BCUT2D eigenvalue weighted by Gasteiger charge is -2.16. The predicted molar refractivity (Wildman–Crippen MR) is 107 cm³/mol. The average molecular weight is 322 g/mol. The van der Waals surface area contributed by atoms with Gasteiger partial charge < -0.3 is 0 Å². The smallest absolute Gasteiger partial charge is 0.0108 e. The average Bonchev–Trinajstić information content (AvgIpc) is 2.57. The highest BCUT2D eigenvalue weighted by Gasteiger charge is 2.11. The molecule has 0 spiro atoms. The Balaban J connectivity index is 2.48. The highest BCUT2D eigenvalue weighted by atomic mass is 14.2. The lowest BCUT2D eigenvalue weighted by molar-refractivity contribution is 0.887. The molecule has 0 aromatic heterocycles. The largest absolute Gasteiger partial charge is 0.0651 e. The Labute approximate surface area is 149 Å². The molecule has 0 nitrogen and oxygen atoms in total. The second kappa shape index (κ2) is 9.67. The molecule has 0 aliphatic rings. The fourth-order valence-electron chi connectivity index (χ4n) is 3.53. The summed E-state index contributed by atoms with van der Waals surface area (Å²) in [5, 5.41) is 0. The van der Waals surface area contributed by atoms with Crippen LogP contribution in [-0.4, -0.2) is 0 Å². The monoisotopic (exact) mass is 321 g/mol. The molecule has 0 saturated heterocycles. The van der Waals surface area contributed by atoms with Gasteiger partial charge in [0, 0.05) is 0 Å². The van der Waals surface area contributed by atoms with E-state index in [4.69, 9.17) is 0 Å². The molecule has 0 heterocycles. The molecule has 1 radical (unpaired) electrons. The first-order chi connectivity index (χ1) is 11.7. The Kier molecular flexibility index (Phi) is 7.56. The van der Waals surface area contributed by atoms with Gasteiger partial charge >= 0.3 is 0 Å². The fourth-order valence-corrected chi connectivity index (χ4v) is 3.53. The maximum Gasteiger partial charge on any atom is -0.0108 e. The minimum Gasteiger partial charge on any atom is -0.0651 e. The van der Waals surface area contributed by atoms with Crippen molar-refractivity contribution in [2.75, 3.05) is 0 Å². The van der Waals surface area contributed by atoms with Crippen molar-refractivity contribution < 1.29 is 0 Å². The van der Waals surface area contributed by atoms with Crippen LogP contribution in [0.1, 0.15) is 75.6 Å². The van der Waals surface area contributed by atoms with E-state index in [0.717, 1.165) is 19.3 Å². The van der Waals surface area contributed by atoms with E-state index in [-0.39, 0.29) is 0 Å². The summed E-state index contributed by atoms with van der Waals surface area (Å²) in [5.74, 6) is 0. The highest BCUT2D eigenvalue weighted by Crippen LogP contribution is 2.31. The first kappa shape index (κ1) is 18.8. The summed E-state index contributed by atoms with van der Waals surface area (Å²) >= 11 is 0. The van der Waals surface area contributed by atoms with Gasteiger partial charge in [0.05, 0.1) is 0 Å². The molecule has 0 atom stereocenters. The Bertz CT molecular complexity index is 579.